The number of aryl methyl sites for hydroxylation is 2. The van der Waals surface area contributed by atoms with E-state index in [9.17, 15) is 10.2 Å². The van der Waals surface area contributed by atoms with Gasteiger partial charge in [-0.2, -0.15) is 0 Å². The number of aromatic hydroxyl groups is 2. The van der Waals surface area contributed by atoms with E-state index in [-0.39, 0.29) is 21.7 Å². The summed E-state index contributed by atoms with van der Waals surface area (Å²) in [6.07, 6.45) is 19.7. The molecule has 0 saturated heterocycles. The third kappa shape index (κ3) is 16.7. The van der Waals surface area contributed by atoms with Crippen molar-refractivity contribution in [3.8, 4) is 11.5 Å². The van der Waals surface area contributed by atoms with Gasteiger partial charge in [0.1, 0.15) is 11.5 Å². The van der Waals surface area contributed by atoms with Crippen molar-refractivity contribution in [2.24, 2.45) is 5.92 Å². The standard InChI is InChI=1S/C24H42O.C23H40O/c1-18(2)14-12-10-9-11-13-15-19-16-20(23(3,4)5)22(25)21(17-19)24(6,7)8;1-8-9-10-11-12-13-14-15-18-16-19(22(2,3)4)21(24)20(17-18)23(5,6)7/h16-18,25H,9-15H2,1-8H3;16-17,24H,8-15H2,1-7H3. The molecule has 0 atom stereocenters. The fourth-order valence-corrected chi connectivity index (χ4v) is 6.66. The summed E-state index contributed by atoms with van der Waals surface area (Å²) in [5.74, 6) is 1.83. The van der Waals surface area contributed by atoms with Crippen LogP contribution >= 0.6 is 0 Å². The zero-order valence-corrected chi connectivity index (χ0v) is 35.4. The molecule has 49 heavy (non-hydrogen) atoms. The molecule has 0 aliphatic heterocycles. The maximum atomic E-state index is 10.8. The second-order valence-electron chi connectivity index (χ2n) is 19.7. The second-order valence-corrected chi connectivity index (χ2v) is 19.7. The molecule has 2 heteroatoms. The van der Waals surface area contributed by atoms with Crippen molar-refractivity contribution < 1.29 is 10.2 Å². The number of hydrogen-bond donors (Lipinski definition) is 2. The highest BCUT2D eigenvalue weighted by Crippen LogP contribution is 2.41. The number of phenolic OH excluding ortho intramolecular Hbond substituents is 2. The molecule has 2 aromatic rings. The Balaban J connectivity index is 0.000000490. The van der Waals surface area contributed by atoms with Crippen LogP contribution in [0.3, 0.4) is 0 Å². The van der Waals surface area contributed by atoms with Crippen LogP contribution < -0.4 is 0 Å². The summed E-state index contributed by atoms with van der Waals surface area (Å²) < 4.78 is 0. The van der Waals surface area contributed by atoms with Crippen molar-refractivity contribution in [2.75, 3.05) is 0 Å². The summed E-state index contributed by atoms with van der Waals surface area (Å²) in [6, 6.07) is 8.95. The van der Waals surface area contributed by atoms with Crippen LogP contribution in [0.15, 0.2) is 24.3 Å². The van der Waals surface area contributed by atoms with Gasteiger partial charge < -0.3 is 10.2 Å². The molecule has 2 nitrogen and oxygen atoms in total. The molecule has 0 fully saturated rings. The first kappa shape index (κ1) is 45.1. The van der Waals surface area contributed by atoms with Crippen LogP contribution in [-0.2, 0) is 34.5 Å². The minimum atomic E-state index is -0.0308. The summed E-state index contributed by atoms with van der Waals surface area (Å²) in [7, 11) is 0. The van der Waals surface area contributed by atoms with Crippen molar-refractivity contribution >= 4 is 0 Å². The van der Waals surface area contributed by atoms with Crippen LogP contribution in [-0.4, -0.2) is 10.2 Å². The first-order valence-corrected chi connectivity index (χ1v) is 20.2. The zero-order chi connectivity index (χ0) is 37.6. The van der Waals surface area contributed by atoms with Gasteiger partial charge in [0.15, 0.2) is 0 Å². The highest BCUT2D eigenvalue weighted by molar-refractivity contribution is 5.51. The average Bonchev–Trinajstić information content (AvgIpc) is 2.95. The van der Waals surface area contributed by atoms with Gasteiger partial charge in [-0.3, -0.25) is 0 Å². The van der Waals surface area contributed by atoms with E-state index >= 15 is 0 Å². The Bertz CT molecular complexity index is 1150. The van der Waals surface area contributed by atoms with Gasteiger partial charge in [-0.25, -0.2) is 0 Å². The van der Waals surface area contributed by atoms with Gasteiger partial charge in [-0.15, -0.1) is 0 Å². The molecule has 0 amide bonds. The van der Waals surface area contributed by atoms with Crippen molar-refractivity contribution in [1.29, 1.82) is 0 Å². The number of benzene rings is 2. The minimum absolute atomic E-state index is 0.0275. The zero-order valence-electron chi connectivity index (χ0n) is 35.4. The van der Waals surface area contributed by atoms with Crippen LogP contribution in [0.1, 0.15) is 221 Å². The predicted octanol–water partition coefficient (Wildman–Crippen LogP) is 14.8. The number of hydrogen-bond acceptors (Lipinski definition) is 2. The fraction of sp³-hybridized carbons (Fsp3) is 0.745. The van der Waals surface area contributed by atoms with Gasteiger partial charge in [-0.1, -0.05) is 199 Å². The lowest BCUT2D eigenvalue weighted by molar-refractivity contribution is 0.421. The van der Waals surface area contributed by atoms with E-state index in [1.807, 2.05) is 0 Å². The lowest BCUT2D eigenvalue weighted by Crippen LogP contribution is -2.18. The van der Waals surface area contributed by atoms with Crippen molar-refractivity contribution in [2.45, 2.75) is 222 Å². The molecular weight excluding hydrogens is 597 g/mol. The van der Waals surface area contributed by atoms with E-state index in [1.54, 1.807) is 0 Å². The Morgan fingerprint density at radius 3 is 0.959 bits per heavy atom. The molecule has 0 radical (unpaired) electrons. The summed E-state index contributed by atoms with van der Waals surface area (Å²) in [5, 5.41) is 21.6. The third-order valence-corrected chi connectivity index (χ3v) is 9.89. The second kappa shape index (κ2) is 20.2. The molecule has 0 unspecified atom stereocenters. The maximum absolute atomic E-state index is 10.8. The summed E-state index contributed by atoms with van der Waals surface area (Å²) in [6.45, 7) is 33.1. The summed E-state index contributed by atoms with van der Waals surface area (Å²) in [5.41, 5.74) is 7.01. The molecule has 0 saturated carbocycles. The summed E-state index contributed by atoms with van der Waals surface area (Å²) >= 11 is 0. The van der Waals surface area contributed by atoms with Crippen molar-refractivity contribution in [3.05, 3.63) is 57.6 Å². The molecular formula is C47H82O2. The first-order valence-electron chi connectivity index (χ1n) is 20.2. The van der Waals surface area contributed by atoms with E-state index < -0.39 is 0 Å². The van der Waals surface area contributed by atoms with Crippen molar-refractivity contribution in [1.82, 2.24) is 0 Å². The Hall–Kier alpha value is -1.96. The Kier molecular flexibility index (Phi) is 18.6. The van der Waals surface area contributed by atoms with E-state index in [0.717, 1.165) is 41.0 Å². The normalized spacial score (nSPS) is 12.7. The molecule has 0 aliphatic rings. The van der Waals surface area contributed by atoms with Gasteiger partial charge in [0.05, 0.1) is 0 Å². The highest BCUT2D eigenvalue weighted by atomic mass is 16.3. The Labute approximate surface area is 306 Å². The molecule has 2 rings (SSSR count). The monoisotopic (exact) mass is 679 g/mol. The molecule has 2 aromatic carbocycles. The van der Waals surface area contributed by atoms with Gasteiger partial charge in [0, 0.05) is 0 Å². The molecule has 282 valence electrons. The van der Waals surface area contributed by atoms with Crippen molar-refractivity contribution in [3.63, 3.8) is 0 Å². The first-order chi connectivity index (χ1) is 22.5. The number of unbranched alkanes of at least 4 members (excludes halogenated alkanes) is 10. The van der Waals surface area contributed by atoms with Gasteiger partial charge >= 0.3 is 0 Å². The maximum Gasteiger partial charge on any atom is 0.123 e. The van der Waals surface area contributed by atoms with Gasteiger partial charge in [0.2, 0.25) is 0 Å². The SMILES string of the molecule is CC(C)CCCCCCCc1cc(C(C)(C)C)c(O)c(C(C)(C)C)c1.CCCCCCCCCc1cc(C(C)(C)C)c(O)c(C(C)(C)C)c1. The van der Waals surface area contributed by atoms with E-state index in [0.29, 0.717) is 11.5 Å². The highest BCUT2D eigenvalue weighted by Gasteiger charge is 2.27. The minimum Gasteiger partial charge on any atom is -0.507 e. The molecule has 0 heterocycles. The average molecular weight is 679 g/mol. The van der Waals surface area contributed by atoms with Gasteiger partial charge in [-0.05, 0) is 86.6 Å². The van der Waals surface area contributed by atoms with E-state index in [4.69, 9.17) is 0 Å². The Morgan fingerprint density at radius 2 is 0.694 bits per heavy atom. The largest absolute Gasteiger partial charge is 0.507 e. The predicted molar refractivity (Wildman–Crippen MR) is 219 cm³/mol. The number of phenols is 2. The fourth-order valence-electron chi connectivity index (χ4n) is 6.66. The van der Waals surface area contributed by atoms with Gasteiger partial charge in [0.25, 0.3) is 0 Å². The van der Waals surface area contributed by atoms with E-state index in [1.165, 1.54) is 94.6 Å². The van der Waals surface area contributed by atoms with E-state index in [2.05, 4.69) is 128 Å². The van der Waals surface area contributed by atoms with Crippen LogP contribution in [0.25, 0.3) is 0 Å². The van der Waals surface area contributed by atoms with Crippen LogP contribution in [0.2, 0.25) is 0 Å². The molecule has 0 aliphatic carbocycles. The van der Waals surface area contributed by atoms with Crippen LogP contribution in [0.4, 0.5) is 0 Å². The summed E-state index contributed by atoms with van der Waals surface area (Å²) in [4.78, 5) is 0. The molecule has 0 spiro atoms. The van der Waals surface area contributed by atoms with Crippen LogP contribution in [0.5, 0.6) is 11.5 Å². The molecule has 0 bridgehead atoms. The Morgan fingerprint density at radius 1 is 0.429 bits per heavy atom. The molecule has 0 aromatic heterocycles. The topological polar surface area (TPSA) is 40.5 Å². The smallest absolute Gasteiger partial charge is 0.123 e. The third-order valence-electron chi connectivity index (χ3n) is 9.89. The van der Waals surface area contributed by atoms with Crippen LogP contribution in [0, 0.1) is 5.92 Å². The number of rotatable bonds is 16. The lowest BCUT2D eigenvalue weighted by Gasteiger charge is -2.28. The molecule has 2 N–H and O–H groups in total. The lowest BCUT2D eigenvalue weighted by atomic mass is 9.78. The quantitative estimate of drug-likeness (QED) is 0.173.